The van der Waals surface area contributed by atoms with Gasteiger partial charge in [0.1, 0.15) is 5.75 Å². The summed E-state index contributed by atoms with van der Waals surface area (Å²) < 4.78 is 8.18. The molecule has 2 N–H and O–H groups in total. The monoisotopic (exact) mass is 418 g/mol. The smallest absolute Gasteiger partial charge is 0.329 e. The molecular formula is C22H22N6O3. The molecule has 0 atom stereocenters. The van der Waals surface area contributed by atoms with Gasteiger partial charge in [0.25, 0.3) is 5.56 Å². The lowest BCUT2D eigenvalue weighted by molar-refractivity contribution is 0.415. The van der Waals surface area contributed by atoms with Crippen LogP contribution in [0.3, 0.4) is 0 Å². The topological polar surface area (TPSA) is 106 Å². The minimum absolute atomic E-state index is 0.281. The normalized spacial score (nSPS) is 11.3. The van der Waals surface area contributed by atoms with Crippen LogP contribution in [0.5, 0.6) is 5.75 Å². The van der Waals surface area contributed by atoms with Crippen LogP contribution in [0.15, 0.2) is 63.2 Å². The Morgan fingerprint density at radius 1 is 1.19 bits per heavy atom. The van der Waals surface area contributed by atoms with Crippen molar-refractivity contribution in [3.63, 3.8) is 0 Å². The van der Waals surface area contributed by atoms with Crippen molar-refractivity contribution in [1.82, 2.24) is 19.1 Å². The number of methoxy groups -OCH3 is 1. The minimum atomic E-state index is -0.522. The summed E-state index contributed by atoms with van der Waals surface area (Å²) in [7, 11) is 3.17. The van der Waals surface area contributed by atoms with E-state index in [-0.39, 0.29) is 5.65 Å². The van der Waals surface area contributed by atoms with Crippen molar-refractivity contribution in [3.05, 3.63) is 86.1 Å². The molecule has 4 aromatic rings. The standard InChI is InChI=1S/C22H22N6O3/c1-14-5-4-6-16(11-14)13-28-18-19(27(2)22(30)25-20(18)29)24-21(28)26-23-12-15-7-9-17(31-3)10-8-15/h4-12H,13H2,1-3H3,(H,24,26)(H,25,29,30)/b23-12+. The number of rotatable bonds is 6. The highest BCUT2D eigenvalue weighted by Crippen LogP contribution is 2.18. The van der Waals surface area contributed by atoms with E-state index in [0.717, 1.165) is 22.4 Å². The van der Waals surface area contributed by atoms with E-state index < -0.39 is 11.2 Å². The lowest BCUT2D eigenvalue weighted by atomic mass is 10.1. The second-order valence-electron chi connectivity index (χ2n) is 7.14. The summed E-state index contributed by atoms with van der Waals surface area (Å²) in [5.41, 5.74) is 5.43. The Morgan fingerprint density at radius 3 is 2.68 bits per heavy atom. The molecule has 0 unspecified atom stereocenters. The van der Waals surface area contributed by atoms with Gasteiger partial charge in [0.05, 0.1) is 19.9 Å². The van der Waals surface area contributed by atoms with Crippen molar-refractivity contribution < 1.29 is 4.74 Å². The molecule has 0 saturated carbocycles. The average Bonchev–Trinajstić information content (AvgIpc) is 3.11. The van der Waals surface area contributed by atoms with E-state index in [0.29, 0.717) is 18.0 Å². The molecule has 31 heavy (non-hydrogen) atoms. The third-order valence-corrected chi connectivity index (χ3v) is 4.92. The fourth-order valence-corrected chi connectivity index (χ4v) is 3.32. The fraction of sp³-hybridized carbons (Fsp3) is 0.182. The number of aryl methyl sites for hydroxylation is 2. The second-order valence-corrected chi connectivity index (χ2v) is 7.14. The molecule has 0 saturated heterocycles. The molecule has 0 radical (unpaired) electrons. The summed E-state index contributed by atoms with van der Waals surface area (Å²) in [6.07, 6.45) is 1.64. The number of H-pyrrole nitrogens is 1. The Labute approximate surface area is 177 Å². The number of hydrogen-bond acceptors (Lipinski definition) is 6. The maximum absolute atomic E-state index is 12.6. The molecule has 9 heteroatoms. The van der Waals surface area contributed by atoms with Crippen LogP contribution in [0, 0.1) is 6.92 Å². The van der Waals surface area contributed by atoms with Crippen LogP contribution in [0.25, 0.3) is 11.2 Å². The summed E-state index contributed by atoms with van der Waals surface area (Å²) in [6.45, 7) is 2.39. The number of fused-ring (bicyclic) bond motifs is 1. The van der Waals surface area contributed by atoms with Gasteiger partial charge in [-0.1, -0.05) is 29.8 Å². The number of nitrogens with one attached hydrogen (secondary N) is 2. The Morgan fingerprint density at radius 2 is 1.97 bits per heavy atom. The number of anilines is 1. The molecule has 158 valence electrons. The van der Waals surface area contributed by atoms with Crippen molar-refractivity contribution in [2.75, 3.05) is 12.5 Å². The van der Waals surface area contributed by atoms with Gasteiger partial charge in [-0.2, -0.15) is 10.1 Å². The Hall–Kier alpha value is -4.14. The molecule has 9 nitrogen and oxygen atoms in total. The predicted molar refractivity (Wildman–Crippen MR) is 120 cm³/mol. The number of benzene rings is 2. The highest BCUT2D eigenvalue weighted by molar-refractivity contribution is 5.80. The molecule has 4 rings (SSSR count). The number of hydrogen-bond donors (Lipinski definition) is 2. The minimum Gasteiger partial charge on any atom is -0.497 e. The van der Waals surface area contributed by atoms with Crippen molar-refractivity contribution in [2.45, 2.75) is 13.5 Å². The fourth-order valence-electron chi connectivity index (χ4n) is 3.32. The molecule has 2 heterocycles. The van der Waals surface area contributed by atoms with Crippen LogP contribution >= 0.6 is 0 Å². The van der Waals surface area contributed by atoms with Gasteiger partial charge in [-0.25, -0.2) is 10.2 Å². The quantitative estimate of drug-likeness (QED) is 0.369. The van der Waals surface area contributed by atoms with Gasteiger partial charge in [0.2, 0.25) is 5.95 Å². The summed E-state index contributed by atoms with van der Waals surface area (Å²) in [5, 5.41) is 4.27. The Bertz CT molecular complexity index is 1380. The van der Waals surface area contributed by atoms with Crippen LogP contribution in [-0.2, 0) is 13.6 Å². The molecule has 0 amide bonds. The number of ether oxygens (including phenoxy) is 1. The average molecular weight is 418 g/mol. The molecule has 0 aliphatic carbocycles. The number of aromatic nitrogens is 4. The molecule has 0 fully saturated rings. The SMILES string of the molecule is COc1ccc(/C=N/Nc2nc3c(c(=O)[nH]c(=O)n3C)n2Cc2cccc(C)c2)cc1. The van der Waals surface area contributed by atoms with Crippen molar-refractivity contribution >= 4 is 23.3 Å². The van der Waals surface area contributed by atoms with E-state index in [1.165, 1.54) is 4.57 Å². The van der Waals surface area contributed by atoms with Crippen molar-refractivity contribution in [3.8, 4) is 5.75 Å². The second kappa shape index (κ2) is 8.31. The first-order chi connectivity index (χ1) is 15.0. The third kappa shape index (κ3) is 4.11. The highest BCUT2D eigenvalue weighted by Gasteiger charge is 2.17. The van der Waals surface area contributed by atoms with Gasteiger partial charge in [-0.05, 0) is 42.3 Å². The number of aromatic amines is 1. The van der Waals surface area contributed by atoms with Gasteiger partial charge in [-0.3, -0.25) is 18.9 Å². The zero-order chi connectivity index (χ0) is 22.0. The highest BCUT2D eigenvalue weighted by atomic mass is 16.5. The first-order valence-electron chi connectivity index (χ1n) is 9.64. The molecular weight excluding hydrogens is 396 g/mol. The maximum Gasteiger partial charge on any atom is 0.329 e. The molecule has 2 aromatic heterocycles. The number of hydrazone groups is 1. The summed E-state index contributed by atoms with van der Waals surface area (Å²) in [6, 6.07) is 15.4. The summed E-state index contributed by atoms with van der Waals surface area (Å²) in [4.78, 5) is 31.4. The number of nitrogens with zero attached hydrogens (tertiary/aromatic N) is 4. The van der Waals surface area contributed by atoms with Gasteiger partial charge >= 0.3 is 5.69 Å². The van der Waals surface area contributed by atoms with Crippen LogP contribution in [-0.4, -0.2) is 32.4 Å². The van der Waals surface area contributed by atoms with Gasteiger partial charge < -0.3 is 4.74 Å². The molecule has 0 spiro atoms. The van der Waals surface area contributed by atoms with Crippen molar-refractivity contribution in [1.29, 1.82) is 0 Å². The van der Waals surface area contributed by atoms with Crippen LogP contribution in [0.2, 0.25) is 0 Å². The number of imidazole rings is 1. The van der Waals surface area contributed by atoms with E-state index in [1.54, 1.807) is 24.9 Å². The molecule has 2 aromatic carbocycles. The van der Waals surface area contributed by atoms with Gasteiger partial charge in [0, 0.05) is 7.05 Å². The van der Waals surface area contributed by atoms with Crippen LogP contribution < -0.4 is 21.4 Å². The first-order valence-corrected chi connectivity index (χ1v) is 9.64. The first kappa shape index (κ1) is 20.1. The van der Waals surface area contributed by atoms with E-state index in [2.05, 4.69) is 20.5 Å². The van der Waals surface area contributed by atoms with Gasteiger partial charge in [-0.15, -0.1) is 0 Å². The van der Waals surface area contributed by atoms with Crippen molar-refractivity contribution in [2.24, 2.45) is 12.1 Å². The molecule has 0 aliphatic heterocycles. The van der Waals surface area contributed by atoms with Crippen LogP contribution in [0.4, 0.5) is 5.95 Å². The zero-order valence-electron chi connectivity index (χ0n) is 17.4. The van der Waals surface area contributed by atoms with E-state index in [1.807, 2.05) is 55.5 Å². The van der Waals surface area contributed by atoms with E-state index >= 15 is 0 Å². The lowest BCUT2D eigenvalue weighted by Gasteiger charge is -2.09. The maximum atomic E-state index is 12.6. The van der Waals surface area contributed by atoms with E-state index in [4.69, 9.17) is 4.74 Å². The zero-order valence-corrected chi connectivity index (χ0v) is 17.4. The van der Waals surface area contributed by atoms with Crippen LogP contribution in [0.1, 0.15) is 16.7 Å². The summed E-state index contributed by atoms with van der Waals surface area (Å²) >= 11 is 0. The predicted octanol–water partition coefficient (Wildman–Crippen LogP) is 2.23. The lowest BCUT2D eigenvalue weighted by Crippen LogP contribution is -2.29. The molecule has 0 aliphatic rings. The largest absolute Gasteiger partial charge is 0.497 e. The van der Waals surface area contributed by atoms with Gasteiger partial charge in [0.15, 0.2) is 11.2 Å². The summed E-state index contributed by atoms with van der Waals surface area (Å²) in [5.74, 6) is 1.11. The molecule has 0 bridgehead atoms. The third-order valence-electron chi connectivity index (χ3n) is 4.92. The van der Waals surface area contributed by atoms with E-state index in [9.17, 15) is 9.59 Å². The Balaban J connectivity index is 1.74. The Kier molecular flexibility index (Phi) is 5.40.